The fraction of sp³-hybridized carbons (Fsp3) is 0.351. The minimum absolute atomic E-state index is 0.0209. The van der Waals surface area contributed by atoms with Crippen molar-refractivity contribution in [2.24, 2.45) is 11.8 Å². The number of methoxy groups -OCH3 is 1. The van der Waals surface area contributed by atoms with Crippen LogP contribution in [0.15, 0.2) is 78.6 Å². The van der Waals surface area contributed by atoms with E-state index in [2.05, 4.69) is 15.3 Å². The molecule has 3 atom stereocenters. The Bertz CT molecular complexity index is 1640. The molecule has 0 saturated heterocycles. The Morgan fingerprint density at radius 1 is 0.957 bits per heavy atom. The van der Waals surface area contributed by atoms with Crippen LogP contribution in [0.3, 0.4) is 0 Å². The monoisotopic (exact) mass is 625 g/mol. The fourth-order valence-electron chi connectivity index (χ4n) is 6.59. The lowest BCUT2D eigenvalue weighted by Crippen LogP contribution is -2.37. The van der Waals surface area contributed by atoms with E-state index in [1.54, 1.807) is 24.3 Å². The predicted octanol–water partition coefficient (Wildman–Crippen LogP) is 6.15. The second kappa shape index (κ2) is 15.5. The number of aromatic amines is 2. The quantitative estimate of drug-likeness (QED) is 0.0609. The molecule has 5 rings (SSSR count). The molecule has 1 aliphatic rings. The molecule has 1 aliphatic carbocycles. The SMILES string of the molecule is COc1cc(CCC(=O)[C@@H](CCO)C(=O)[C@@H]2C(CNc3ccc[nH]3)=Cc3[nH]ccc3[C@@H]2CCCCc2cccc(O)c2)ccc1O. The van der Waals surface area contributed by atoms with E-state index in [9.17, 15) is 24.9 Å². The molecule has 4 aromatic rings. The van der Waals surface area contributed by atoms with Gasteiger partial charge in [0.25, 0.3) is 0 Å². The van der Waals surface area contributed by atoms with Crippen LogP contribution >= 0.6 is 0 Å². The first-order valence-corrected chi connectivity index (χ1v) is 15.9. The number of phenolic OH excluding ortho intramolecular Hbond substituents is 2. The molecule has 2 aromatic carbocycles. The van der Waals surface area contributed by atoms with Gasteiger partial charge in [0.1, 0.15) is 17.4 Å². The number of Topliss-reactive ketones (excluding diaryl/α,β-unsaturated/α-hetero) is 2. The van der Waals surface area contributed by atoms with Crippen LogP contribution in [0.25, 0.3) is 6.08 Å². The maximum Gasteiger partial charge on any atom is 0.160 e. The number of ketones is 2. The Labute approximate surface area is 269 Å². The van der Waals surface area contributed by atoms with Crippen molar-refractivity contribution in [3.05, 3.63) is 101 Å². The van der Waals surface area contributed by atoms with Crippen LogP contribution in [0.1, 0.15) is 60.4 Å². The van der Waals surface area contributed by atoms with E-state index >= 15 is 0 Å². The zero-order valence-corrected chi connectivity index (χ0v) is 26.2. The number of H-pyrrole nitrogens is 2. The number of fused-ring (bicyclic) bond motifs is 1. The predicted molar refractivity (Wildman–Crippen MR) is 178 cm³/mol. The molecule has 2 heterocycles. The van der Waals surface area contributed by atoms with Crippen LogP contribution in [0, 0.1) is 11.8 Å². The summed E-state index contributed by atoms with van der Waals surface area (Å²) in [5.41, 5.74) is 4.80. The number of benzene rings is 2. The van der Waals surface area contributed by atoms with Crippen molar-refractivity contribution in [2.75, 3.05) is 25.6 Å². The summed E-state index contributed by atoms with van der Waals surface area (Å²) in [7, 11) is 1.47. The number of aliphatic hydroxyl groups excluding tert-OH is 1. The van der Waals surface area contributed by atoms with Crippen LogP contribution in [0.4, 0.5) is 5.82 Å². The number of ether oxygens (including phenoxy) is 1. The first-order valence-electron chi connectivity index (χ1n) is 15.9. The fourth-order valence-corrected chi connectivity index (χ4v) is 6.59. The number of phenols is 2. The lowest BCUT2D eigenvalue weighted by molar-refractivity contribution is -0.135. The van der Waals surface area contributed by atoms with Crippen molar-refractivity contribution in [3.8, 4) is 17.2 Å². The third-order valence-electron chi connectivity index (χ3n) is 8.93. The van der Waals surface area contributed by atoms with Gasteiger partial charge in [-0.15, -0.1) is 0 Å². The van der Waals surface area contributed by atoms with E-state index in [1.807, 2.05) is 48.8 Å². The topological polar surface area (TPSA) is 148 Å². The number of aromatic nitrogens is 2. The molecule has 0 fully saturated rings. The van der Waals surface area contributed by atoms with E-state index in [4.69, 9.17) is 4.74 Å². The van der Waals surface area contributed by atoms with Crippen LogP contribution < -0.4 is 10.1 Å². The summed E-state index contributed by atoms with van der Waals surface area (Å²) in [6.07, 6.45) is 9.62. The molecule has 0 aliphatic heterocycles. The van der Waals surface area contributed by atoms with Crippen molar-refractivity contribution in [2.45, 2.75) is 50.9 Å². The molecular formula is C37H43N3O6. The molecule has 0 radical (unpaired) electrons. The molecule has 2 aromatic heterocycles. The van der Waals surface area contributed by atoms with Gasteiger partial charge in [-0.1, -0.05) is 24.6 Å². The molecular weight excluding hydrogens is 582 g/mol. The summed E-state index contributed by atoms with van der Waals surface area (Å²) in [6.45, 7) is 0.147. The Kier molecular flexibility index (Phi) is 11.0. The highest BCUT2D eigenvalue weighted by atomic mass is 16.5. The van der Waals surface area contributed by atoms with Gasteiger partial charge < -0.3 is 35.3 Å². The summed E-state index contributed by atoms with van der Waals surface area (Å²) in [4.78, 5) is 34.8. The number of carbonyl (C=O) groups is 2. The summed E-state index contributed by atoms with van der Waals surface area (Å²) in [5, 5.41) is 33.2. The Morgan fingerprint density at radius 2 is 1.80 bits per heavy atom. The Morgan fingerprint density at radius 3 is 2.57 bits per heavy atom. The van der Waals surface area contributed by atoms with Gasteiger partial charge in [-0.3, -0.25) is 9.59 Å². The normalized spacial score (nSPS) is 16.3. The molecule has 9 nitrogen and oxygen atoms in total. The van der Waals surface area contributed by atoms with Gasteiger partial charge in [0.2, 0.25) is 0 Å². The highest BCUT2D eigenvalue weighted by Gasteiger charge is 2.41. The van der Waals surface area contributed by atoms with Crippen molar-refractivity contribution < 1.29 is 29.6 Å². The number of unbranched alkanes of at least 4 members (excludes halogenated alkanes) is 1. The first-order chi connectivity index (χ1) is 22.4. The third-order valence-corrected chi connectivity index (χ3v) is 8.93. The van der Waals surface area contributed by atoms with E-state index in [0.717, 1.165) is 59.5 Å². The molecule has 46 heavy (non-hydrogen) atoms. The maximum absolute atomic E-state index is 14.6. The standard InChI is InChI=1S/C37H43N3O6/c1-46-34-21-25(12-14-33(34)44)11-13-32(43)30(16-19-41)37(45)36-26(23-40-35-10-5-17-39-35)22-31-28(15-18-38-31)29(36)9-3-2-6-24-7-4-8-27(42)20-24/h4-5,7-8,10,12,14-15,17-18,20-22,29-30,36,38-42,44H,2-3,6,9,11,13,16,19,23H2,1H3/t29-,30+,36+/m0/s1. The number of aromatic hydroxyl groups is 2. The van der Waals surface area contributed by atoms with E-state index in [-0.39, 0.29) is 48.4 Å². The highest BCUT2D eigenvalue weighted by Crippen LogP contribution is 2.43. The van der Waals surface area contributed by atoms with Gasteiger partial charge in [0.05, 0.1) is 13.0 Å². The second-order valence-corrected chi connectivity index (χ2v) is 11.9. The summed E-state index contributed by atoms with van der Waals surface area (Å²) in [5.74, 6) is -0.559. The number of hydrogen-bond acceptors (Lipinski definition) is 7. The zero-order chi connectivity index (χ0) is 32.5. The summed E-state index contributed by atoms with van der Waals surface area (Å²) < 4.78 is 5.21. The first kappa shape index (κ1) is 32.6. The van der Waals surface area contributed by atoms with Gasteiger partial charge in [-0.2, -0.15) is 0 Å². The van der Waals surface area contributed by atoms with E-state index in [1.165, 1.54) is 13.2 Å². The van der Waals surface area contributed by atoms with E-state index in [0.29, 0.717) is 18.7 Å². The maximum atomic E-state index is 14.6. The Hall–Kier alpha value is -4.76. The molecule has 0 spiro atoms. The van der Waals surface area contributed by atoms with Crippen LogP contribution in [-0.4, -0.2) is 57.1 Å². The number of nitrogens with one attached hydrogen (secondary N) is 3. The number of hydrogen-bond donors (Lipinski definition) is 6. The number of aryl methyl sites for hydroxylation is 2. The zero-order valence-electron chi connectivity index (χ0n) is 26.2. The molecule has 0 unspecified atom stereocenters. The van der Waals surface area contributed by atoms with Gasteiger partial charge in [0.15, 0.2) is 17.3 Å². The van der Waals surface area contributed by atoms with Gasteiger partial charge in [0, 0.05) is 43.6 Å². The molecule has 0 bridgehead atoms. The van der Waals surface area contributed by atoms with E-state index < -0.39 is 11.8 Å². The van der Waals surface area contributed by atoms with Crippen molar-refractivity contribution in [1.29, 1.82) is 0 Å². The summed E-state index contributed by atoms with van der Waals surface area (Å²) in [6, 6.07) is 18.1. The number of anilines is 1. The van der Waals surface area contributed by atoms with Crippen molar-refractivity contribution in [3.63, 3.8) is 0 Å². The van der Waals surface area contributed by atoms with Gasteiger partial charge in [-0.25, -0.2) is 0 Å². The Balaban J connectivity index is 1.37. The lowest BCUT2D eigenvalue weighted by atomic mass is 9.69. The number of carbonyl (C=O) groups excluding carboxylic acids is 2. The highest BCUT2D eigenvalue weighted by molar-refractivity contribution is 6.05. The average molecular weight is 626 g/mol. The molecule has 6 N–H and O–H groups in total. The van der Waals surface area contributed by atoms with Crippen LogP contribution in [0.2, 0.25) is 0 Å². The van der Waals surface area contributed by atoms with Crippen molar-refractivity contribution in [1.82, 2.24) is 9.97 Å². The van der Waals surface area contributed by atoms with Crippen molar-refractivity contribution >= 4 is 23.5 Å². The minimum atomic E-state index is -0.946. The van der Waals surface area contributed by atoms with Crippen LogP contribution in [0.5, 0.6) is 17.2 Å². The van der Waals surface area contributed by atoms with Gasteiger partial charge >= 0.3 is 0 Å². The molecule has 0 amide bonds. The third kappa shape index (κ3) is 7.90. The number of aliphatic hydroxyl groups is 1. The smallest absolute Gasteiger partial charge is 0.160 e. The molecule has 9 heteroatoms. The largest absolute Gasteiger partial charge is 0.508 e. The second-order valence-electron chi connectivity index (χ2n) is 11.9. The minimum Gasteiger partial charge on any atom is -0.508 e. The molecule has 0 saturated carbocycles. The van der Waals surface area contributed by atoms with Crippen LogP contribution in [-0.2, 0) is 22.4 Å². The summed E-state index contributed by atoms with van der Waals surface area (Å²) >= 11 is 0. The lowest BCUT2D eigenvalue weighted by Gasteiger charge is -2.34. The molecule has 242 valence electrons. The van der Waals surface area contributed by atoms with Gasteiger partial charge in [-0.05, 0) is 109 Å². The number of rotatable bonds is 17. The average Bonchev–Trinajstić information content (AvgIpc) is 3.76.